The second-order valence-electron chi connectivity index (χ2n) is 9.84. The highest BCUT2D eigenvalue weighted by Gasteiger charge is 2.16. The number of benzene rings is 1. The van der Waals surface area contributed by atoms with Crippen molar-refractivity contribution in [1.82, 2.24) is 20.2 Å². The fraction of sp³-hybridized carbons (Fsp3) is 0.467. The SMILES string of the molecule is CC/C=C\CN(CC(C)CC)C(/C=C(\N)c1ccccc1O)=C(N)N.Cc1ncc(C2CCNCC2)cn1. The molecule has 0 spiro atoms. The minimum Gasteiger partial charge on any atom is -0.507 e. The molecule has 1 aliphatic rings. The molecule has 2 heterocycles. The van der Waals surface area contributed by atoms with Crippen molar-refractivity contribution in [2.45, 2.75) is 59.3 Å². The number of para-hydroxylation sites is 1. The van der Waals surface area contributed by atoms with Crippen LogP contribution in [0.15, 0.2) is 66.4 Å². The topological polar surface area (TPSA) is 139 Å². The van der Waals surface area contributed by atoms with Crippen molar-refractivity contribution >= 4 is 5.70 Å². The highest BCUT2D eigenvalue weighted by Crippen LogP contribution is 2.24. The van der Waals surface area contributed by atoms with Gasteiger partial charge in [0.25, 0.3) is 0 Å². The lowest BCUT2D eigenvalue weighted by atomic mass is 9.92. The van der Waals surface area contributed by atoms with E-state index in [0.717, 1.165) is 38.3 Å². The molecule has 208 valence electrons. The molecule has 1 aromatic heterocycles. The third kappa shape index (κ3) is 10.1. The number of aromatic hydroxyl groups is 1. The second kappa shape index (κ2) is 16.3. The molecule has 3 rings (SSSR count). The molecule has 0 bridgehead atoms. The summed E-state index contributed by atoms with van der Waals surface area (Å²) in [6, 6.07) is 6.95. The predicted molar refractivity (Wildman–Crippen MR) is 158 cm³/mol. The molecule has 8 N–H and O–H groups in total. The lowest BCUT2D eigenvalue weighted by molar-refractivity contribution is 0.320. The van der Waals surface area contributed by atoms with Crippen LogP contribution in [0.4, 0.5) is 0 Å². The van der Waals surface area contributed by atoms with Crippen LogP contribution in [0.25, 0.3) is 5.70 Å². The molecule has 1 fully saturated rings. The maximum Gasteiger partial charge on any atom is 0.125 e. The van der Waals surface area contributed by atoms with Gasteiger partial charge in [0.05, 0.1) is 5.70 Å². The molecule has 0 amide bonds. The van der Waals surface area contributed by atoms with Gasteiger partial charge in [0, 0.05) is 36.7 Å². The van der Waals surface area contributed by atoms with Crippen LogP contribution in [0.2, 0.25) is 0 Å². The number of phenols is 1. The molecule has 1 unspecified atom stereocenters. The highest BCUT2D eigenvalue weighted by molar-refractivity contribution is 5.69. The number of hydrogen-bond donors (Lipinski definition) is 5. The van der Waals surface area contributed by atoms with Gasteiger partial charge in [-0.25, -0.2) is 9.97 Å². The van der Waals surface area contributed by atoms with E-state index in [1.54, 1.807) is 24.3 Å². The Balaban J connectivity index is 0.000000323. The van der Waals surface area contributed by atoms with Crippen LogP contribution in [0.5, 0.6) is 5.75 Å². The summed E-state index contributed by atoms with van der Waals surface area (Å²) >= 11 is 0. The van der Waals surface area contributed by atoms with E-state index >= 15 is 0 Å². The van der Waals surface area contributed by atoms with Crippen LogP contribution < -0.4 is 22.5 Å². The summed E-state index contributed by atoms with van der Waals surface area (Å²) in [4.78, 5) is 10.6. The average molecular weight is 522 g/mol. The Kier molecular flexibility index (Phi) is 13.2. The summed E-state index contributed by atoms with van der Waals surface area (Å²) in [6.45, 7) is 12.1. The molecule has 0 radical (unpaired) electrons. The van der Waals surface area contributed by atoms with Crippen LogP contribution in [0, 0.1) is 12.8 Å². The zero-order valence-corrected chi connectivity index (χ0v) is 23.5. The summed E-state index contributed by atoms with van der Waals surface area (Å²) in [5.41, 5.74) is 21.1. The summed E-state index contributed by atoms with van der Waals surface area (Å²) < 4.78 is 0. The first kappa shape index (κ1) is 30.7. The molecular formula is C30H47N7O. The molecule has 0 saturated carbocycles. The van der Waals surface area contributed by atoms with Crippen molar-refractivity contribution in [3.8, 4) is 5.75 Å². The molecule has 1 saturated heterocycles. The highest BCUT2D eigenvalue weighted by atomic mass is 16.3. The molecule has 8 nitrogen and oxygen atoms in total. The largest absolute Gasteiger partial charge is 0.507 e. The van der Waals surface area contributed by atoms with Crippen molar-refractivity contribution < 1.29 is 5.11 Å². The first-order chi connectivity index (χ1) is 18.3. The number of nitrogens with one attached hydrogen (secondary N) is 1. The van der Waals surface area contributed by atoms with E-state index in [1.807, 2.05) is 25.4 Å². The summed E-state index contributed by atoms with van der Waals surface area (Å²) in [5.74, 6) is 2.36. The Morgan fingerprint density at radius 1 is 1.11 bits per heavy atom. The van der Waals surface area contributed by atoms with Gasteiger partial charge in [0.15, 0.2) is 0 Å². The van der Waals surface area contributed by atoms with E-state index in [-0.39, 0.29) is 11.6 Å². The van der Waals surface area contributed by atoms with Gasteiger partial charge in [-0.05, 0) is 74.9 Å². The second-order valence-corrected chi connectivity index (χ2v) is 9.84. The number of rotatable bonds is 10. The number of nitrogens with zero attached hydrogens (tertiary/aromatic N) is 3. The molecule has 1 aromatic carbocycles. The standard InChI is InChI=1S/C20H32N4O.C10H15N3/c1-4-6-9-12-24(14-15(3)5-2)18(20(22)23)13-17(21)16-10-7-8-11-19(16)25;1-8-12-6-10(7-13-8)9-2-4-11-5-3-9/h6-11,13,15,25H,4-5,12,14,21-23H2,1-3H3;6-7,9,11H,2-5H2,1H3/b9-6-,17-13-;. The molecule has 1 aliphatic heterocycles. The van der Waals surface area contributed by atoms with Crippen molar-refractivity contribution in [3.63, 3.8) is 0 Å². The normalized spacial score (nSPS) is 15.0. The van der Waals surface area contributed by atoms with Crippen molar-refractivity contribution in [1.29, 1.82) is 0 Å². The maximum atomic E-state index is 10.0. The van der Waals surface area contributed by atoms with Crippen molar-refractivity contribution in [3.05, 3.63) is 83.4 Å². The summed E-state index contributed by atoms with van der Waals surface area (Å²) in [7, 11) is 0. The number of hydrogen-bond acceptors (Lipinski definition) is 8. The zero-order valence-electron chi connectivity index (χ0n) is 23.5. The van der Waals surface area contributed by atoms with Gasteiger partial charge in [-0.1, -0.05) is 51.5 Å². The van der Waals surface area contributed by atoms with Gasteiger partial charge in [-0.2, -0.15) is 0 Å². The predicted octanol–water partition coefficient (Wildman–Crippen LogP) is 4.34. The van der Waals surface area contributed by atoms with E-state index in [0.29, 0.717) is 35.3 Å². The molecule has 0 aliphatic carbocycles. The quantitative estimate of drug-likeness (QED) is 0.230. The molecule has 2 aromatic rings. The van der Waals surface area contributed by atoms with Gasteiger partial charge < -0.3 is 32.5 Å². The minimum absolute atomic E-state index is 0.130. The number of piperidine rings is 1. The maximum absolute atomic E-state index is 10.0. The van der Waals surface area contributed by atoms with Crippen LogP contribution in [0.3, 0.4) is 0 Å². The smallest absolute Gasteiger partial charge is 0.125 e. The number of aromatic nitrogens is 2. The van der Waals surface area contributed by atoms with Gasteiger partial charge in [-0.3, -0.25) is 0 Å². The van der Waals surface area contributed by atoms with E-state index < -0.39 is 0 Å². The average Bonchev–Trinajstić information content (AvgIpc) is 2.92. The Bertz CT molecular complexity index is 1050. The fourth-order valence-corrected chi connectivity index (χ4v) is 4.21. The fourth-order valence-electron chi connectivity index (χ4n) is 4.21. The number of phenolic OH excluding ortho intramolecular Hbond substituents is 1. The van der Waals surface area contributed by atoms with Gasteiger partial charge in [0.2, 0.25) is 0 Å². The number of nitrogens with two attached hydrogens (primary N) is 3. The first-order valence-corrected chi connectivity index (χ1v) is 13.7. The van der Waals surface area contributed by atoms with Gasteiger partial charge in [-0.15, -0.1) is 0 Å². The van der Waals surface area contributed by atoms with Crippen LogP contribution in [0.1, 0.15) is 69.3 Å². The van der Waals surface area contributed by atoms with E-state index in [9.17, 15) is 5.11 Å². The molecular weight excluding hydrogens is 474 g/mol. The summed E-state index contributed by atoms with van der Waals surface area (Å²) in [6.07, 6.45) is 14.4. The molecule has 1 atom stereocenters. The molecule has 8 heteroatoms. The van der Waals surface area contributed by atoms with Gasteiger partial charge >= 0.3 is 0 Å². The summed E-state index contributed by atoms with van der Waals surface area (Å²) in [5, 5.41) is 13.4. The minimum atomic E-state index is 0.130. The van der Waals surface area contributed by atoms with Crippen LogP contribution in [-0.4, -0.2) is 46.2 Å². The Morgan fingerprint density at radius 3 is 2.34 bits per heavy atom. The zero-order chi connectivity index (χ0) is 27.9. The lowest BCUT2D eigenvalue weighted by Gasteiger charge is -2.28. The number of aryl methyl sites for hydroxylation is 1. The number of allylic oxidation sites excluding steroid dienone is 2. The third-order valence-corrected chi connectivity index (χ3v) is 6.71. The first-order valence-electron chi connectivity index (χ1n) is 13.7. The van der Waals surface area contributed by atoms with Crippen molar-refractivity contribution in [2.24, 2.45) is 23.1 Å². The lowest BCUT2D eigenvalue weighted by Crippen LogP contribution is -2.32. The Morgan fingerprint density at radius 2 is 1.76 bits per heavy atom. The molecule has 38 heavy (non-hydrogen) atoms. The van der Waals surface area contributed by atoms with Crippen LogP contribution >= 0.6 is 0 Å². The Labute approximate surface area is 228 Å². The van der Waals surface area contributed by atoms with E-state index in [1.165, 1.54) is 18.4 Å². The third-order valence-electron chi connectivity index (χ3n) is 6.71. The van der Waals surface area contributed by atoms with E-state index in [2.05, 4.69) is 53.1 Å². The Hall–Kier alpha value is -3.52. The van der Waals surface area contributed by atoms with Gasteiger partial charge in [0.1, 0.15) is 17.4 Å². The van der Waals surface area contributed by atoms with Crippen LogP contribution in [-0.2, 0) is 0 Å². The van der Waals surface area contributed by atoms with E-state index in [4.69, 9.17) is 17.2 Å². The monoisotopic (exact) mass is 521 g/mol. The van der Waals surface area contributed by atoms with Crippen molar-refractivity contribution in [2.75, 3.05) is 26.2 Å².